The van der Waals surface area contributed by atoms with Crippen molar-refractivity contribution in [3.63, 3.8) is 0 Å². The monoisotopic (exact) mass is 942 g/mol. The lowest BCUT2D eigenvalue weighted by Crippen LogP contribution is -2.17. The Hall–Kier alpha value is -8.60. The first kappa shape index (κ1) is 35.5. The summed E-state index contributed by atoms with van der Waals surface area (Å²) < 4.78 is 90.4. The Morgan fingerprint density at radius 2 is 1.00 bits per heavy atom. The highest BCUT2D eigenvalue weighted by atomic mass is 16.3. The number of imidazole rings is 1. The number of pyridine rings is 1. The molecule has 0 spiro atoms. The van der Waals surface area contributed by atoms with E-state index >= 15 is 0 Å². The molecular formula is C68H57N3O. The lowest BCUT2D eigenvalue weighted by molar-refractivity contribution is 0.446. The molecular weight excluding hydrogens is 875 g/mol. The molecule has 0 saturated heterocycles. The van der Waals surface area contributed by atoms with Crippen molar-refractivity contribution in [3.05, 3.63) is 242 Å². The second-order valence-corrected chi connectivity index (χ2v) is 20.1. The molecule has 1 N–H and O–H groups in total. The predicted molar refractivity (Wildman–Crippen MR) is 301 cm³/mol. The number of phenols is 1. The van der Waals surface area contributed by atoms with Crippen LogP contribution >= 0.6 is 0 Å². The number of hydrogen-bond donors (Lipinski definition) is 1. The van der Waals surface area contributed by atoms with E-state index in [1.165, 1.54) is 6.07 Å². The van der Waals surface area contributed by atoms with E-state index in [9.17, 15) is 7.85 Å². The van der Waals surface area contributed by atoms with Gasteiger partial charge in [-0.1, -0.05) is 211 Å². The first-order valence-corrected chi connectivity index (χ1v) is 24.0. The number of rotatable bonds is 9. The van der Waals surface area contributed by atoms with Crippen LogP contribution in [0.3, 0.4) is 0 Å². The molecule has 0 atom stereocenters. The average Bonchev–Trinajstić information content (AvgIpc) is 4.06. The van der Waals surface area contributed by atoms with Crippen LogP contribution in [0.5, 0.6) is 5.75 Å². The van der Waals surface area contributed by atoms with Gasteiger partial charge in [-0.25, -0.2) is 4.98 Å². The van der Waals surface area contributed by atoms with Crippen molar-refractivity contribution in [1.82, 2.24) is 14.5 Å². The van der Waals surface area contributed by atoms with Crippen molar-refractivity contribution in [2.75, 3.05) is 0 Å². The van der Waals surface area contributed by atoms with Crippen molar-refractivity contribution in [2.24, 2.45) is 0 Å². The van der Waals surface area contributed by atoms with Crippen LogP contribution < -0.4 is 0 Å². The molecule has 0 fully saturated rings. The highest BCUT2D eigenvalue weighted by Gasteiger charge is 2.29. The van der Waals surface area contributed by atoms with Gasteiger partial charge in [0.1, 0.15) is 11.6 Å². The molecule has 350 valence electrons. The van der Waals surface area contributed by atoms with Crippen LogP contribution in [0.4, 0.5) is 0 Å². The summed E-state index contributed by atoms with van der Waals surface area (Å²) in [4.78, 5) is 10.5. The Bertz CT molecular complexity index is 4300. The van der Waals surface area contributed by atoms with Crippen LogP contribution in [0.2, 0.25) is 0 Å². The van der Waals surface area contributed by atoms with Gasteiger partial charge in [0.05, 0.1) is 41.7 Å². The van der Waals surface area contributed by atoms with Gasteiger partial charge in [0.2, 0.25) is 0 Å². The van der Waals surface area contributed by atoms with Gasteiger partial charge >= 0.3 is 0 Å². The van der Waals surface area contributed by atoms with Crippen LogP contribution in [0.25, 0.3) is 106 Å². The second-order valence-electron chi connectivity index (χ2n) is 20.1. The van der Waals surface area contributed by atoms with Gasteiger partial charge in [-0.3, -0.25) is 9.55 Å². The fourth-order valence-electron chi connectivity index (χ4n) is 9.41. The summed E-state index contributed by atoms with van der Waals surface area (Å²) in [6.07, 6.45) is 1.82. The number of nitrogens with zero attached hydrogens (tertiary/aromatic N) is 3. The zero-order chi connectivity index (χ0) is 58.3. The topological polar surface area (TPSA) is 50.9 Å². The Kier molecular flexibility index (Phi) is 9.18. The maximum Gasteiger partial charge on any atom is 0.149 e. The molecule has 4 heteroatoms. The minimum absolute atomic E-state index is 0.0206. The molecule has 2 heterocycles. The zero-order valence-electron chi connectivity index (χ0n) is 51.0. The first-order chi connectivity index (χ1) is 39.0. The van der Waals surface area contributed by atoms with Gasteiger partial charge < -0.3 is 5.11 Å². The smallest absolute Gasteiger partial charge is 0.149 e. The Morgan fingerprint density at radius 3 is 1.65 bits per heavy atom. The summed E-state index contributed by atoms with van der Waals surface area (Å²) >= 11 is 0. The van der Waals surface area contributed by atoms with E-state index in [1.54, 1.807) is 12.1 Å². The number of para-hydroxylation sites is 1. The van der Waals surface area contributed by atoms with Crippen molar-refractivity contribution < 1.29 is 18.8 Å². The minimum Gasteiger partial charge on any atom is -0.507 e. The van der Waals surface area contributed by atoms with E-state index in [1.807, 2.05) is 104 Å². The summed E-state index contributed by atoms with van der Waals surface area (Å²) in [5.41, 5.74) is 11.4. The van der Waals surface area contributed by atoms with Crippen LogP contribution in [0.15, 0.2) is 230 Å². The molecule has 0 unspecified atom stereocenters. The largest absolute Gasteiger partial charge is 0.507 e. The summed E-state index contributed by atoms with van der Waals surface area (Å²) in [6, 6.07) is 48.3. The molecule has 9 aromatic carbocycles. The van der Waals surface area contributed by atoms with Gasteiger partial charge in [0, 0.05) is 28.5 Å². The maximum atomic E-state index is 12.8. The third-order valence-corrected chi connectivity index (χ3v) is 13.2. The Morgan fingerprint density at radius 1 is 0.431 bits per heavy atom. The minimum atomic E-state index is -0.601. The summed E-state index contributed by atoms with van der Waals surface area (Å²) in [6.45, 7) is 12.3. The molecule has 0 radical (unpaired) electrons. The van der Waals surface area contributed by atoms with E-state index in [4.69, 9.17) is 20.9 Å². The molecule has 0 bridgehead atoms. The molecule has 0 aliphatic heterocycles. The highest BCUT2D eigenvalue weighted by molar-refractivity contribution is 5.99. The molecule has 0 aliphatic rings. The lowest BCUT2D eigenvalue weighted by atomic mass is 9.79. The maximum absolute atomic E-state index is 12.8. The Labute approximate surface area is 437 Å². The van der Waals surface area contributed by atoms with E-state index in [0.29, 0.717) is 27.7 Å². The molecule has 72 heavy (non-hydrogen) atoms. The van der Waals surface area contributed by atoms with Crippen LogP contribution in [0.1, 0.15) is 66.4 Å². The Balaban J connectivity index is 1.21. The van der Waals surface area contributed by atoms with Gasteiger partial charge in [-0.05, 0) is 127 Å². The van der Waals surface area contributed by atoms with Gasteiger partial charge in [0.25, 0.3) is 0 Å². The summed E-state index contributed by atoms with van der Waals surface area (Å²) in [5, 5.41) is 12.8. The predicted octanol–water partition coefficient (Wildman–Crippen LogP) is 18.1. The third kappa shape index (κ3) is 8.93. The molecule has 11 aromatic rings. The number of benzene rings is 9. The van der Waals surface area contributed by atoms with Gasteiger partial charge in [-0.2, -0.15) is 0 Å². The van der Waals surface area contributed by atoms with Crippen molar-refractivity contribution in [2.45, 2.75) is 52.4 Å². The van der Waals surface area contributed by atoms with Crippen molar-refractivity contribution in [3.8, 4) is 101 Å². The summed E-state index contributed by atoms with van der Waals surface area (Å²) in [5.74, 6) is 0.251. The number of aromatic nitrogens is 3. The van der Waals surface area contributed by atoms with Crippen molar-refractivity contribution in [1.29, 1.82) is 0 Å². The number of fused-ring (bicyclic) bond motifs is 1. The lowest BCUT2D eigenvalue weighted by Gasteiger charge is -2.27. The van der Waals surface area contributed by atoms with E-state index < -0.39 is 71.3 Å². The second kappa shape index (κ2) is 18.6. The third-order valence-electron chi connectivity index (χ3n) is 13.2. The first-order valence-electron chi connectivity index (χ1n) is 29.0. The molecule has 4 nitrogen and oxygen atoms in total. The molecule has 2 aromatic heterocycles. The summed E-state index contributed by atoms with van der Waals surface area (Å²) in [7, 11) is 0. The quantitative estimate of drug-likeness (QED) is 0.157. The zero-order valence-corrected chi connectivity index (χ0v) is 41.0. The fourth-order valence-corrected chi connectivity index (χ4v) is 9.41. The van der Waals surface area contributed by atoms with Crippen molar-refractivity contribution >= 4 is 11.0 Å². The number of hydrogen-bond acceptors (Lipinski definition) is 3. The highest BCUT2D eigenvalue weighted by Crippen LogP contribution is 2.46. The van der Waals surface area contributed by atoms with Crippen LogP contribution in [-0.4, -0.2) is 19.6 Å². The van der Waals surface area contributed by atoms with Crippen LogP contribution in [-0.2, 0) is 10.8 Å². The van der Waals surface area contributed by atoms with E-state index in [2.05, 4.69) is 93.6 Å². The van der Waals surface area contributed by atoms with E-state index in [0.717, 1.165) is 55.8 Å². The van der Waals surface area contributed by atoms with Gasteiger partial charge in [0.15, 0.2) is 0 Å². The van der Waals surface area contributed by atoms with E-state index in [-0.39, 0.29) is 39.5 Å². The van der Waals surface area contributed by atoms with Crippen LogP contribution in [0, 0.1) is 0 Å². The van der Waals surface area contributed by atoms with Gasteiger partial charge in [-0.15, -0.1) is 0 Å². The SMILES string of the molecule is [2H]c1c([2H])c([2H])c(-c2ccc(-n3c(-c4cc(C(C)(C)C)cc(C(C)(C)C)c4O)nc4c(-c5cc(-c6ccccc6)cc(-c6cc(-c7ccc(-c8ccccc8)cc7)ccn6)c5)cccc43)c(-c3c([2H])c([2H])c([2H])c([2H])c3[2H])c2)c([2H])c1[2H]. The molecule has 0 amide bonds. The number of phenolic OH excluding ortho intramolecular Hbond substituents is 1. The average molecular weight is 942 g/mol. The standard InChI is InChI=1S/C68H57N3O/c1-67(2,3)56-43-59(65(72)60(44-56)68(4,5)6)66-70-64-57(28-19-29-63(64)71(66)62-35-34-51(46-22-13-8-14-23-46)41-58(62)50-26-17-10-18-27-50)54-38-53(47-24-15-9-16-25-47)39-55(40-54)61-42-52(36-37-69-61)49-32-30-48(31-33-49)45-20-11-7-12-21-45/h7-44,72H,1-6H3/i8D,10D,13D,14D,17D,18D,22D,23D,26D,27D. The number of aromatic hydroxyl groups is 1. The molecule has 0 saturated carbocycles. The normalized spacial score (nSPS) is 13.8. The fraction of sp³-hybridized carbons (Fsp3) is 0.118. The molecule has 0 aliphatic carbocycles. The molecule has 11 rings (SSSR count).